The molecule has 1 saturated heterocycles. The van der Waals surface area contributed by atoms with Gasteiger partial charge in [-0.25, -0.2) is 0 Å². The molecule has 4 nitrogen and oxygen atoms in total. The van der Waals surface area contributed by atoms with Crippen molar-refractivity contribution in [3.05, 3.63) is 0 Å². The van der Waals surface area contributed by atoms with Gasteiger partial charge in [-0.05, 0) is 40.2 Å². The minimum atomic E-state index is -0.286. The number of carbonyl (C=O) groups excluding carboxylic acids is 1. The third-order valence-electron chi connectivity index (χ3n) is 3.35. The summed E-state index contributed by atoms with van der Waals surface area (Å²) in [6.07, 6.45) is 5.78. The van der Waals surface area contributed by atoms with Gasteiger partial charge in [0.2, 0.25) is 5.91 Å². The number of ether oxygens (including phenoxy) is 1. The molecule has 0 aliphatic carbocycles. The highest BCUT2D eigenvalue weighted by atomic mass is 16.5. The number of hydrogen-bond donors (Lipinski definition) is 2. The van der Waals surface area contributed by atoms with E-state index in [1.807, 2.05) is 20.8 Å². The summed E-state index contributed by atoms with van der Waals surface area (Å²) < 4.78 is 5.58. The van der Waals surface area contributed by atoms with Crippen molar-refractivity contribution >= 4 is 5.91 Å². The fourth-order valence-electron chi connectivity index (χ4n) is 2.29. The Kier molecular flexibility index (Phi) is 6.65. The van der Waals surface area contributed by atoms with Crippen LogP contribution in [-0.2, 0) is 9.53 Å². The summed E-state index contributed by atoms with van der Waals surface area (Å²) >= 11 is 0. The maximum Gasteiger partial charge on any atom is 0.237 e. The van der Waals surface area contributed by atoms with Crippen LogP contribution in [0.4, 0.5) is 0 Å². The Bertz CT molecular complexity index is 246. The van der Waals surface area contributed by atoms with Crippen LogP contribution in [0.3, 0.4) is 0 Å². The van der Waals surface area contributed by atoms with Crippen molar-refractivity contribution in [2.45, 2.75) is 64.5 Å². The van der Waals surface area contributed by atoms with Crippen molar-refractivity contribution in [3.8, 4) is 0 Å². The van der Waals surface area contributed by atoms with E-state index in [1.54, 1.807) is 0 Å². The van der Waals surface area contributed by atoms with E-state index in [4.69, 9.17) is 4.74 Å². The van der Waals surface area contributed by atoms with Crippen LogP contribution in [0.2, 0.25) is 0 Å². The first kappa shape index (κ1) is 15.4. The summed E-state index contributed by atoms with van der Waals surface area (Å²) in [5.74, 6) is 0.115. The minimum Gasteiger partial charge on any atom is -0.374 e. The molecule has 106 valence electrons. The molecular weight excluding hydrogens is 228 g/mol. The van der Waals surface area contributed by atoms with Crippen molar-refractivity contribution in [1.82, 2.24) is 10.6 Å². The topological polar surface area (TPSA) is 50.4 Å². The van der Waals surface area contributed by atoms with Crippen molar-refractivity contribution < 1.29 is 9.53 Å². The molecular formula is C14H28N2O2. The minimum absolute atomic E-state index is 0.0253. The first-order valence-electron chi connectivity index (χ1n) is 7.20. The lowest BCUT2D eigenvalue weighted by molar-refractivity contribution is -0.125. The molecule has 1 unspecified atom stereocenters. The van der Waals surface area contributed by atoms with Crippen LogP contribution >= 0.6 is 0 Å². The molecule has 1 atom stereocenters. The van der Waals surface area contributed by atoms with Gasteiger partial charge in [0.05, 0.1) is 11.6 Å². The molecule has 0 spiro atoms. The van der Waals surface area contributed by atoms with Gasteiger partial charge in [0, 0.05) is 13.2 Å². The van der Waals surface area contributed by atoms with Crippen LogP contribution in [0.1, 0.15) is 52.9 Å². The molecule has 1 aliphatic heterocycles. The first-order chi connectivity index (χ1) is 8.55. The van der Waals surface area contributed by atoms with Crippen molar-refractivity contribution in [2.75, 3.05) is 19.7 Å². The number of rotatable bonds is 5. The largest absolute Gasteiger partial charge is 0.374 e. The Morgan fingerprint density at radius 3 is 2.78 bits per heavy atom. The van der Waals surface area contributed by atoms with Gasteiger partial charge in [0.1, 0.15) is 0 Å². The Morgan fingerprint density at radius 1 is 1.33 bits per heavy atom. The third-order valence-corrected chi connectivity index (χ3v) is 3.35. The summed E-state index contributed by atoms with van der Waals surface area (Å²) in [5, 5.41) is 6.34. The van der Waals surface area contributed by atoms with Crippen LogP contribution in [0.25, 0.3) is 0 Å². The van der Waals surface area contributed by atoms with E-state index in [1.165, 1.54) is 19.3 Å². The van der Waals surface area contributed by atoms with Gasteiger partial charge < -0.3 is 15.4 Å². The van der Waals surface area contributed by atoms with E-state index in [0.29, 0.717) is 13.2 Å². The summed E-state index contributed by atoms with van der Waals surface area (Å²) in [6.45, 7) is 8.17. The maximum absolute atomic E-state index is 12.1. The lowest BCUT2D eigenvalue weighted by Crippen LogP contribution is -2.49. The lowest BCUT2D eigenvalue weighted by atomic mass is 10.0. The molecule has 18 heavy (non-hydrogen) atoms. The Morgan fingerprint density at radius 2 is 2.06 bits per heavy atom. The quantitative estimate of drug-likeness (QED) is 0.789. The average molecular weight is 256 g/mol. The van der Waals surface area contributed by atoms with Gasteiger partial charge in [-0.3, -0.25) is 4.79 Å². The van der Waals surface area contributed by atoms with Gasteiger partial charge in [-0.15, -0.1) is 0 Å². The SMILES string of the molecule is CCOC(C)(C)CNC(=O)C1CCCCCCN1. The summed E-state index contributed by atoms with van der Waals surface area (Å²) in [5.41, 5.74) is -0.286. The highest BCUT2D eigenvalue weighted by Gasteiger charge is 2.23. The second-order valence-electron chi connectivity index (χ2n) is 5.62. The fraction of sp³-hybridized carbons (Fsp3) is 0.929. The number of hydrogen-bond acceptors (Lipinski definition) is 3. The van der Waals surface area contributed by atoms with Gasteiger partial charge in [0.25, 0.3) is 0 Å². The van der Waals surface area contributed by atoms with E-state index in [-0.39, 0.29) is 17.6 Å². The third kappa shape index (κ3) is 5.83. The van der Waals surface area contributed by atoms with Crippen LogP contribution in [0, 0.1) is 0 Å². The molecule has 0 aromatic heterocycles. The van der Waals surface area contributed by atoms with Crippen molar-refractivity contribution in [3.63, 3.8) is 0 Å². The van der Waals surface area contributed by atoms with Crippen LogP contribution in [-0.4, -0.2) is 37.2 Å². The van der Waals surface area contributed by atoms with Crippen molar-refractivity contribution in [2.24, 2.45) is 0 Å². The zero-order valence-corrected chi connectivity index (χ0v) is 12.1. The molecule has 0 aromatic rings. The lowest BCUT2D eigenvalue weighted by Gasteiger charge is -2.27. The van der Waals surface area contributed by atoms with Gasteiger partial charge in [0.15, 0.2) is 0 Å². The second kappa shape index (κ2) is 7.74. The molecule has 1 rings (SSSR count). The zero-order chi connectivity index (χ0) is 13.4. The molecule has 0 saturated carbocycles. The predicted octanol–water partition coefficient (Wildman–Crippen LogP) is 1.84. The van der Waals surface area contributed by atoms with Crippen LogP contribution < -0.4 is 10.6 Å². The molecule has 2 N–H and O–H groups in total. The Balaban J connectivity index is 2.34. The average Bonchev–Trinajstić information content (AvgIpc) is 2.25. The van der Waals surface area contributed by atoms with E-state index >= 15 is 0 Å². The molecule has 1 amide bonds. The maximum atomic E-state index is 12.1. The van der Waals surface area contributed by atoms with Crippen LogP contribution in [0.5, 0.6) is 0 Å². The van der Waals surface area contributed by atoms with Crippen molar-refractivity contribution in [1.29, 1.82) is 0 Å². The predicted molar refractivity (Wildman–Crippen MR) is 73.6 cm³/mol. The number of nitrogens with one attached hydrogen (secondary N) is 2. The van der Waals surface area contributed by atoms with E-state index in [9.17, 15) is 4.79 Å². The van der Waals surface area contributed by atoms with E-state index in [0.717, 1.165) is 19.4 Å². The molecule has 0 radical (unpaired) electrons. The molecule has 0 bridgehead atoms. The first-order valence-corrected chi connectivity index (χ1v) is 7.20. The van der Waals surface area contributed by atoms with E-state index in [2.05, 4.69) is 10.6 Å². The monoisotopic (exact) mass is 256 g/mol. The smallest absolute Gasteiger partial charge is 0.237 e. The highest BCUT2D eigenvalue weighted by Crippen LogP contribution is 2.11. The number of amides is 1. The fourth-order valence-corrected chi connectivity index (χ4v) is 2.29. The van der Waals surface area contributed by atoms with E-state index < -0.39 is 0 Å². The van der Waals surface area contributed by atoms with Gasteiger partial charge in [-0.1, -0.05) is 19.3 Å². The zero-order valence-electron chi connectivity index (χ0n) is 12.1. The second-order valence-corrected chi connectivity index (χ2v) is 5.62. The number of carbonyl (C=O) groups is 1. The molecule has 1 heterocycles. The molecule has 4 heteroatoms. The molecule has 0 aromatic carbocycles. The normalized spacial score (nSPS) is 22.1. The summed E-state index contributed by atoms with van der Waals surface area (Å²) in [6, 6.07) is -0.0253. The summed E-state index contributed by atoms with van der Waals surface area (Å²) in [7, 11) is 0. The standard InChI is InChI=1S/C14H28N2O2/c1-4-18-14(2,3)11-16-13(17)12-9-7-5-6-8-10-15-12/h12,15H,4-11H2,1-3H3,(H,16,17). The summed E-state index contributed by atoms with van der Waals surface area (Å²) in [4.78, 5) is 12.1. The Hall–Kier alpha value is -0.610. The van der Waals surface area contributed by atoms with Crippen LogP contribution in [0.15, 0.2) is 0 Å². The highest BCUT2D eigenvalue weighted by molar-refractivity contribution is 5.81. The van der Waals surface area contributed by atoms with Gasteiger partial charge in [-0.2, -0.15) is 0 Å². The molecule has 1 aliphatic rings. The van der Waals surface area contributed by atoms with Gasteiger partial charge >= 0.3 is 0 Å². The molecule has 1 fully saturated rings. The Labute approximate surface area is 111 Å².